The van der Waals surface area contributed by atoms with Crippen molar-refractivity contribution in [1.29, 1.82) is 0 Å². The molecule has 5 rings (SSSR count). The highest BCUT2D eigenvalue weighted by molar-refractivity contribution is 5.12. The Labute approximate surface area is 157 Å². The van der Waals surface area contributed by atoms with E-state index >= 15 is 0 Å². The zero-order valence-corrected chi connectivity index (χ0v) is 15.9. The van der Waals surface area contributed by atoms with E-state index in [1.54, 1.807) is 6.92 Å². The summed E-state index contributed by atoms with van der Waals surface area (Å²) in [5.41, 5.74) is -1.06. The third-order valence-electron chi connectivity index (χ3n) is 7.07. The normalized spacial score (nSPS) is 52.1. The fourth-order valence-corrected chi connectivity index (χ4v) is 5.67. The molecule has 8 atom stereocenters. The average molecular weight is 392 g/mol. The summed E-state index contributed by atoms with van der Waals surface area (Å²) < 4.78 is 59.7. The van der Waals surface area contributed by atoms with Crippen LogP contribution in [0.25, 0.3) is 0 Å². The van der Waals surface area contributed by atoms with Crippen LogP contribution in [0.3, 0.4) is 0 Å². The quantitative estimate of drug-likeness (QED) is 0.529. The molecule has 0 N–H and O–H groups in total. The van der Waals surface area contributed by atoms with Crippen LogP contribution in [0.4, 0.5) is 13.2 Å². The third-order valence-corrected chi connectivity index (χ3v) is 7.07. The molecule has 27 heavy (non-hydrogen) atoms. The largest absolute Gasteiger partial charge is 0.443 e. The summed E-state index contributed by atoms with van der Waals surface area (Å²) in [4.78, 5) is 11.5. The molecule has 8 heteroatoms. The second-order valence-corrected chi connectivity index (χ2v) is 8.58. The smallest absolute Gasteiger partial charge is 0.338 e. The third kappa shape index (κ3) is 2.56. The van der Waals surface area contributed by atoms with Gasteiger partial charge < -0.3 is 14.2 Å². The van der Waals surface area contributed by atoms with E-state index in [2.05, 4.69) is 13.5 Å². The van der Waals surface area contributed by atoms with Crippen LogP contribution in [0.5, 0.6) is 0 Å². The molecule has 0 aromatic rings. The molecule has 1 unspecified atom stereocenters. The van der Waals surface area contributed by atoms with E-state index in [1.807, 2.05) is 0 Å². The predicted molar refractivity (Wildman–Crippen MR) is 88.0 cm³/mol. The topological polar surface area (TPSA) is 46.2 Å². The lowest BCUT2D eigenvalue weighted by molar-refractivity contribution is -0.598. The first-order valence-corrected chi connectivity index (χ1v) is 9.64. The first-order valence-electron chi connectivity index (χ1n) is 9.64. The van der Waals surface area contributed by atoms with Crippen molar-refractivity contribution in [2.75, 3.05) is 6.61 Å². The summed E-state index contributed by atoms with van der Waals surface area (Å²) in [5, 5.41) is 0. The standard InChI is InChI=1S/C19H27F3O5/c1-5-10-23-18(19(20,21)22)12(3)14-7-6-11(2)13-8-9-16(4)24-15(25-18)17(13,14)27-26-16/h5,11-15H,1,6-10H2,2-4H3/t11-,12-,13?,14+,15+,16+,17-,18-/m1/s1. The molecule has 1 saturated carbocycles. The highest BCUT2D eigenvalue weighted by atomic mass is 19.4. The first kappa shape index (κ1) is 19.6. The Balaban J connectivity index is 1.83. The van der Waals surface area contributed by atoms with Gasteiger partial charge in [-0.05, 0) is 38.0 Å². The summed E-state index contributed by atoms with van der Waals surface area (Å²) in [6, 6.07) is 0. The minimum absolute atomic E-state index is 0.00124. The molecule has 5 nitrogen and oxygen atoms in total. The Morgan fingerprint density at radius 3 is 2.52 bits per heavy atom. The second-order valence-electron chi connectivity index (χ2n) is 8.58. The van der Waals surface area contributed by atoms with Gasteiger partial charge in [0.1, 0.15) is 0 Å². The average Bonchev–Trinajstić information content (AvgIpc) is 2.82. The monoisotopic (exact) mass is 392 g/mol. The lowest BCUT2D eigenvalue weighted by atomic mass is 9.57. The molecule has 0 radical (unpaired) electrons. The number of alkyl halides is 3. The summed E-state index contributed by atoms with van der Waals surface area (Å²) in [6.45, 7) is 8.52. The summed E-state index contributed by atoms with van der Waals surface area (Å²) in [7, 11) is 0. The maximum atomic E-state index is 14.3. The van der Waals surface area contributed by atoms with Gasteiger partial charge in [-0.1, -0.05) is 19.9 Å². The van der Waals surface area contributed by atoms with Gasteiger partial charge in [0, 0.05) is 18.3 Å². The molecule has 5 fully saturated rings. The van der Waals surface area contributed by atoms with Crippen LogP contribution in [0, 0.1) is 23.7 Å². The number of rotatable bonds is 3. The summed E-state index contributed by atoms with van der Waals surface area (Å²) in [5.74, 6) is -5.08. The van der Waals surface area contributed by atoms with Gasteiger partial charge in [0.25, 0.3) is 5.79 Å². The highest BCUT2D eigenvalue weighted by Gasteiger charge is 2.77. The molecule has 0 aromatic carbocycles. The van der Waals surface area contributed by atoms with Crippen LogP contribution in [0.1, 0.15) is 46.5 Å². The van der Waals surface area contributed by atoms with Crippen molar-refractivity contribution < 1.29 is 37.2 Å². The van der Waals surface area contributed by atoms with Crippen molar-refractivity contribution >= 4 is 0 Å². The first-order chi connectivity index (χ1) is 12.6. The van der Waals surface area contributed by atoms with Gasteiger partial charge in [0.2, 0.25) is 5.79 Å². The number of hydrogen-bond donors (Lipinski definition) is 0. The molecule has 4 aliphatic heterocycles. The fourth-order valence-electron chi connectivity index (χ4n) is 5.67. The van der Waals surface area contributed by atoms with E-state index in [0.717, 1.165) is 12.8 Å². The molecule has 0 aromatic heterocycles. The van der Waals surface area contributed by atoms with Crippen molar-refractivity contribution in [2.45, 2.75) is 76.1 Å². The minimum atomic E-state index is -4.73. The molecular formula is C19H27F3O5. The van der Waals surface area contributed by atoms with Crippen molar-refractivity contribution in [3.05, 3.63) is 12.7 Å². The van der Waals surface area contributed by atoms with E-state index in [-0.39, 0.29) is 18.4 Å². The second kappa shape index (κ2) is 6.16. The number of halogens is 3. The Hall–Kier alpha value is -0.670. The molecule has 1 aliphatic carbocycles. The van der Waals surface area contributed by atoms with Gasteiger partial charge in [-0.25, -0.2) is 9.78 Å². The highest BCUT2D eigenvalue weighted by Crippen LogP contribution is 2.64. The van der Waals surface area contributed by atoms with E-state index in [4.69, 9.17) is 24.0 Å². The van der Waals surface area contributed by atoms with Crippen molar-refractivity contribution in [2.24, 2.45) is 23.7 Å². The molecule has 5 aliphatic rings. The fraction of sp³-hybridized carbons (Fsp3) is 0.895. The molecule has 4 saturated heterocycles. The molecular weight excluding hydrogens is 365 g/mol. The van der Waals surface area contributed by atoms with Gasteiger partial charge in [-0.3, -0.25) is 0 Å². The minimum Gasteiger partial charge on any atom is -0.338 e. The SMILES string of the molecule is C=CCO[C@@]1(C(F)(F)F)O[C@@H]2O[C@]3(C)CCC4[C@H](C)CC[C@@H]([C@H]1C)[C@]42OO3. The maximum Gasteiger partial charge on any atom is 0.443 e. The van der Waals surface area contributed by atoms with Crippen LogP contribution in [-0.2, 0) is 24.0 Å². The summed E-state index contributed by atoms with van der Waals surface area (Å²) in [6.07, 6.45) is -1.96. The Morgan fingerprint density at radius 2 is 1.85 bits per heavy atom. The van der Waals surface area contributed by atoms with E-state index < -0.39 is 41.5 Å². The van der Waals surface area contributed by atoms with Gasteiger partial charge >= 0.3 is 6.18 Å². The van der Waals surface area contributed by atoms with Crippen LogP contribution in [-0.4, -0.2) is 36.2 Å². The van der Waals surface area contributed by atoms with Gasteiger partial charge in [0.15, 0.2) is 11.9 Å². The molecule has 4 heterocycles. The molecule has 2 bridgehead atoms. The van der Waals surface area contributed by atoms with E-state index in [0.29, 0.717) is 12.8 Å². The van der Waals surface area contributed by atoms with Gasteiger partial charge in [-0.15, -0.1) is 6.58 Å². The van der Waals surface area contributed by atoms with Gasteiger partial charge in [0.05, 0.1) is 6.61 Å². The van der Waals surface area contributed by atoms with Crippen LogP contribution >= 0.6 is 0 Å². The number of hydrogen-bond acceptors (Lipinski definition) is 5. The van der Waals surface area contributed by atoms with E-state index in [9.17, 15) is 13.2 Å². The van der Waals surface area contributed by atoms with Crippen molar-refractivity contribution in [3.63, 3.8) is 0 Å². The predicted octanol–water partition coefficient (Wildman–Crippen LogP) is 4.33. The van der Waals surface area contributed by atoms with Crippen LogP contribution < -0.4 is 0 Å². The van der Waals surface area contributed by atoms with Gasteiger partial charge in [-0.2, -0.15) is 13.2 Å². The summed E-state index contributed by atoms with van der Waals surface area (Å²) >= 11 is 0. The Morgan fingerprint density at radius 1 is 1.11 bits per heavy atom. The van der Waals surface area contributed by atoms with Crippen LogP contribution in [0.15, 0.2) is 12.7 Å². The van der Waals surface area contributed by atoms with Crippen LogP contribution in [0.2, 0.25) is 0 Å². The van der Waals surface area contributed by atoms with Crippen molar-refractivity contribution in [1.82, 2.24) is 0 Å². The van der Waals surface area contributed by atoms with Crippen molar-refractivity contribution in [3.8, 4) is 0 Å². The lowest BCUT2D eigenvalue weighted by Gasteiger charge is -2.62. The Bertz CT molecular complexity index is 613. The van der Waals surface area contributed by atoms with E-state index in [1.165, 1.54) is 13.0 Å². The number of ether oxygens (including phenoxy) is 3. The molecule has 154 valence electrons. The molecule has 0 amide bonds. The zero-order chi connectivity index (χ0) is 19.7. The maximum absolute atomic E-state index is 14.3. The lowest BCUT2D eigenvalue weighted by Crippen LogP contribution is -2.76. The zero-order valence-electron chi connectivity index (χ0n) is 15.9. The molecule has 1 spiro atoms. The number of fused-ring (bicyclic) bond motifs is 2. The Kier molecular flexibility index (Phi) is 4.48.